The fourth-order valence-corrected chi connectivity index (χ4v) is 1.43. The standard InChI is InChI=1S/C12H20N4O3/c1-9(2)15(3)8-7-13-12-10(16(17)18)5-6-11(14-12)19-4/h5-6,9H,7-8H2,1-4H3,(H,13,14). The average Bonchev–Trinajstić information content (AvgIpc) is 2.37. The number of nitrogens with zero attached hydrogens (tertiary/aromatic N) is 3. The van der Waals surface area contributed by atoms with E-state index in [1.165, 1.54) is 19.2 Å². The number of methoxy groups -OCH3 is 1. The molecule has 0 saturated heterocycles. The lowest BCUT2D eigenvalue weighted by Gasteiger charge is -2.21. The molecule has 1 rings (SSSR count). The lowest BCUT2D eigenvalue weighted by molar-refractivity contribution is -0.384. The average molecular weight is 268 g/mol. The number of nitrogens with one attached hydrogen (secondary N) is 1. The Bertz CT molecular complexity index is 437. The van der Waals surface area contributed by atoms with Crippen LogP contribution in [0.25, 0.3) is 0 Å². The first-order chi connectivity index (χ1) is 8.95. The van der Waals surface area contributed by atoms with E-state index in [9.17, 15) is 10.1 Å². The second kappa shape index (κ2) is 6.89. The Hall–Kier alpha value is -1.89. The fraction of sp³-hybridized carbons (Fsp3) is 0.583. The van der Waals surface area contributed by atoms with Gasteiger partial charge in [0, 0.05) is 31.3 Å². The monoisotopic (exact) mass is 268 g/mol. The van der Waals surface area contributed by atoms with Gasteiger partial charge in [-0.15, -0.1) is 0 Å². The van der Waals surface area contributed by atoms with Crippen molar-refractivity contribution >= 4 is 11.5 Å². The van der Waals surface area contributed by atoms with Crippen LogP contribution in [-0.2, 0) is 0 Å². The SMILES string of the molecule is COc1ccc([N+](=O)[O-])c(NCCN(C)C(C)C)n1. The van der Waals surface area contributed by atoms with E-state index in [1.54, 1.807) is 0 Å². The van der Waals surface area contributed by atoms with Crippen LogP contribution >= 0.6 is 0 Å². The van der Waals surface area contributed by atoms with Crippen molar-refractivity contribution in [2.75, 3.05) is 32.6 Å². The molecule has 0 spiro atoms. The van der Waals surface area contributed by atoms with Crippen LogP contribution in [0.15, 0.2) is 12.1 Å². The maximum Gasteiger partial charge on any atom is 0.311 e. The van der Waals surface area contributed by atoms with Gasteiger partial charge in [-0.3, -0.25) is 10.1 Å². The Morgan fingerprint density at radius 3 is 2.74 bits per heavy atom. The maximum absolute atomic E-state index is 10.9. The first kappa shape index (κ1) is 15.2. The molecule has 7 nitrogen and oxygen atoms in total. The normalized spacial score (nSPS) is 10.8. The van der Waals surface area contributed by atoms with E-state index in [0.29, 0.717) is 18.5 Å². The Balaban J connectivity index is 2.72. The quantitative estimate of drug-likeness (QED) is 0.599. The highest BCUT2D eigenvalue weighted by atomic mass is 16.6. The molecule has 0 aliphatic carbocycles. The molecule has 0 aliphatic heterocycles. The van der Waals surface area contributed by atoms with Crippen molar-refractivity contribution in [1.82, 2.24) is 9.88 Å². The number of hydrogen-bond acceptors (Lipinski definition) is 6. The van der Waals surface area contributed by atoms with Crippen molar-refractivity contribution in [2.24, 2.45) is 0 Å². The molecule has 0 unspecified atom stereocenters. The Morgan fingerprint density at radius 1 is 1.53 bits per heavy atom. The molecular formula is C12H20N4O3. The topological polar surface area (TPSA) is 80.5 Å². The first-order valence-corrected chi connectivity index (χ1v) is 6.09. The molecule has 0 atom stereocenters. The van der Waals surface area contributed by atoms with Gasteiger partial charge in [0.2, 0.25) is 11.7 Å². The van der Waals surface area contributed by atoms with Crippen molar-refractivity contribution in [1.29, 1.82) is 0 Å². The number of likely N-dealkylation sites (N-methyl/N-ethyl adjacent to an activating group) is 1. The summed E-state index contributed by atoms with van der Waals surface area (Å²) in [6, 6.07) is 3.29. The fourth-order valence-electron chi connectivity index (χ4n) is 1.43. The highest BCUT2D eigenvalue weighted by Gasteiger charge is 2.16. The molecule has 0 aromatic carbocycles. The third kappa shape index (κ3) is 4.36. The van der Waals surface area contributed by atoms with Crippen LogP contribution in [0.1, 0.15) is 13.8 Å². The zero-order chi connectivity index (χ0) is 14.4. The van der Waals surface area contributed by atoms with Crippen molar-refractivity contribution in [3.8, 4) is 5.88 Å². The molecule has 1 aromatic heterocycles. The molecule has 0 saturated carbocycles. The number of hydrogen-bond donors (Lipinski definition) is 1. The lowest BCUT2D eigenvalue weighted by atomic mass is 10.3. The smallest absolute Gasteiger partial charge is 0.311 e. The summed E-state index contributed by atoms with van der Waals surface area (Å²) in [5.74, 6) is 0.590. The Labute approximate surface area is 112 Å². The largest absolute Gasteiger partial charge is 0.481 e. The van der Waals surface area contributed by atoms with Gasteiger partial charge in [-0.2, -0.15) is 4.98 Å². The minimum absolute atomic E-state index is 0.0481. The van der Waals surface area contributed by atoms with Gasteiger partial charge in [0.25, 0.3) is 0 Å². The molecule has 0 bridgehead atoms. The van der Waals surface area contributed by atoms with Crippen LogP contribution < -0.4 is 10.1 Å². The molecule has 106 valence electrons. The minimum atomic E-state index is -0.457. The molecule has 0 amide bonds. The van der Waals surface area contributed by atoms with Gasteiger partial charge in [0.05, 0.1) is 12.0 Å². The number of aromatic nitrogens is 1. The second-order valence-corrected chi connectivity index (χ2v) is 4.48. The van der Waals surface area contributed by atoms with E-state index in [0.717, 1.165) is 6.54 Å². The van der Waals surface area contributed by atoms with Crippen LogP contribution in [0.2, 0.25) is 0 Å². The summed E-state index contributed by atoms with van der Waals surface area (Å²) in [5, 5.41) is 13.9. The molecule has 0 aliphatic rings. The lowest BCUT2D eigenvalue weighted by Crippen LogP contribution is -2.31. The van der Waals surface area contributed by atoms with E-state index >= 15 is 0 Å². The van der Waals surface area contributed by atoms with Gasteiger partial charge < -0.3 is 15.0 Å². The van der Waals surface area contributed by atoms with Crippen molar-refractivity contribution in [3.05, 3.63) is 22.2 Å². The number of ether oxygens (including phenoxy) is 1. The predicted octanol–water partition coefficient (Wildman–Crippen LogP) is 1.75. The Morgan fingerprint density at radius 2 is 2.21 bits per heavy atom. The van der Waals surface area contributed by atoms with E-state index in [1.807, 2.05) is 7.05 Å². The summed E-state index contributed by atoms with van der Waals surface area (Å²) in [7, 11) is 3.48. The van der Waals surface area contributed by atoms with E-state index in [4.69, 9.17) is 4.74 Å². The maximum atomic E-state index is 10.9. The van der Waals surface area contributed by atoms with E-state index < -0.39 is 4.92 Å². The van der Waals surface area contributed by atoms with Gasteiger partial charge in [-0.1, -0.05) is 0 Å². The van der Waals surface area contributed by atoms with E-state index in [-0.39, 0.29) is 11.5 Å². The third-order valence-electron chi connectivity index (χ3n) is 2.89. The van der Waals surface area contributed by atoms with Gasteiger partial charge in [-0.25, -0.2) is 0 Å². The highest BCUT2D eigenvalue weighted by molar-refractivity contribution is 5.57. The molecule has 1 heterocycles. The Kier molecular flexibility index (Phi) is 5.50. The number of rotatable bonds is 7. The molecule has 1 N–H and O–H groups in total. The summed E-state index contributed by atoms with van der Waals surface area (Å²) >= 11 is 0. The first-order valence-electron chi connectivity index (χ1n) is 6.09. The summed E-state index contributed by atoms with van der Waals surface area (Å²) in [6.07, 6.45) is 0. The number of pyridine rings is 1. The third-order valence-corrected chi connectivity index (χ3v) is 2.89. The predicted molar refractivity (Wildman–Crippen MR) is 73.7 cm³/mol. The molecule has 0 fully saturated rings. The van der Waals surface area contributed by atoms with Gasteiger partial charge in [0.15, 0.2) is 0 Å². The second-order valence-electron chi connectivity index (χ2n) is 4.48. The zero-order valence-corrected chi connectivity index (χ0v) is 11.7. The number of nitro groups is 1. The summed E-state index contributed by atoms with van der Waals surface area (Å²) < 4.78 is 4.97. The summed E-state index contributed by atoms with van der Waals surface area (Å²) in [6.45, 7) is 5.53. The molecule has 7 heteroatoms. The van der Waals surface area contributed by atoms with Crippen LogP contribution in [0.5, 0.6) is 5.88 Å². The van der Waals surface area contributed by atoms with Gasteiger partial charge in [0.1, 0.15) is 0 Å². The van der Waals surface area contributed by atoms with Crippen LogP contribution in [0.4, 0.5) is 11.5 Å². The van der Waals surface area contributed by atoms with Gasteiger partial charge in [-0.05, 0) is 20.9 Å². The number of anilines is 1. The van der Waals surface area contributed by atoms with Crippen molar-refractivity contribution in [2.45, 2.75) is 19.9 Å². The molecule has 0 radical (unpaired) electrons. The highest BCUT2D eigenvalue weighted by Crippen LogP contribution is 2.24. The van der Waals surface area contributed by atoms with Crippen molar-refractivity contribution in [3.63, 3.8) is 0 Å². The van der Waals surface area contributed by atoms with Gasteiger partial charge >= 0.3 is 5.69 Å². The van der Waals surface area contributed by atoms with Crippen LogP contribution in [0, 0.1) is 10.1 Å². The van der Waals surface area contributed by atoms with Crippen molar-refractivity contribution < 1.29 is 9.66 Å². The molecule has 1 aromatic rings. The van der Waals surface area contributed by atoms with E-state index in [2.05, 4.69) is 29.0 Å². The molecule has 19 heavy (non-hydrogen) atoms. The zero-order valence-electron chi connectivity index (χ0n) is 11.7. The minimum Gasteiger partial charge on any atom is -0.481 e. The molecular weight excluding hydrogens is 248 g/mol. The van der Waals surface area contributed by atoms with Crippen LogP contribution in [-0.4, -0.2) is 48.1 Å². The summed E-state index contributed by atoms with van der Waals surface area (Å²) in [5.41, 5.74) is -0.0481. The van der Waals surface area contributed by atoms with Crippen LogP contribution in [0.3, 0.4) is 0 Å². The summed E-state index contributed by atoms with van der Waals surface area (Å²) in [4.78, 5) is 16.6.